The molecular weight excluding hydrogens is 417 g/mol. The molecule has 1 N–H and O–H groups in total. The van der Waals surface area contributed by atoms with E-state index in [1.54, 1.807) is 12.3 Å². The SMILES string of the molecule is Cn1c2c(c3ccc(-n4ccc(-c5ccc(C(F)(F)F)cn5)cc4=O)cc31)CNCCC2. The fourth-order valence-corrected chi connectivity index (χ4v) is 4.40. The highest BCUT2D eigenvalue weighted by Gasteiger charge is 2.30. The Kier molecular flexibility index (Phi) is 4.89. The number of fused-ring (bicyclic) bond motifs is 3. The maximum Gasteiger partial charge on any atom is 0.417 e. The first-order valence-electron chi connectivity index (χ1n) is 10.4. The third kappa shape index (κ3) is 3.50. The van der Waals surface area contributed by atoms with Crippen molar-refractivity contribution in [3.05, 3.63) is 82.0 Å². The van der Waals surface area contributed by atoms with Crippen LogP contribution in [-0.2, 0) is 26.2 Å². The Morgan fingerprint density at radius 1 is 1.09 bits per heavy atom. The van der Waals surface area contributed by atoms with Crippen molar-refractivity contribution in [1.82, 2.24) is 19.4 Å². The molecule has 5 rings (SSSR count). The Morgan fingerprint density at radius 2 is 1.94 bits per heavy atom. The number of aryl methyl sites for hydroxylation is 1. The molecule has 164 valence electrons. The van der Waals surface area contributed by atoms with Crippen LogP contribution in [0.15, 0.2) is 59.7 Å². The maximum absolute atomic E-state index is 12.8. The van der Waals surface area contributed by atoms with Crippen LogP contribution in [-0.4, -0.2) is 20.7 Å². The second-order valence-electron chi connectivity index (χ2n) is 8.02. The van der Waals surface area contributed by atoms with Gasteiger partial charge in [-0.15, -0.1) is 0 Å². The van der Waals surface area contributed by atoms with E-state index in [2.05, 4.69) is 21.9 Å². The number of nitrogens with one attached hydrogen (secondary N) is 1. The summed E-state index contributed by atoms with van der Waals surface area (Å²) in [4.78, 5) is 16.7. The Balaban J connectivity index is 1.52. The Morgan fingerprint density at radius 3 is 2.66 bits per heavy atom. The molecule has 0 aliphatic carbocycles. The van der Waals surface area contributed by atoms with E-state index < -0.39 is 11.7 Å². The zero-order valence-corrected chi connectivity index (χ0v) is 17.4. The van der Waals surface area contributed by atoms with E-state index in [9.17, 15) is 18.0 Å². The van der Waals surface area contributed by atoms with Crippen molar-refractivity contribution in [2.45, 2.75) is 25.6 Å². The molecule has 0 bridgehead atoms. The van der Waals surface area contributed by atoms with E-state index >= 15 is 0 Å². The predicted octanol–water partition coefficient (Wildman–Crippen LogP) is 4.45. The van der Waals surface area contributed by atoms with Gasteiger partial charge < -0.3 is 9.88 Å². The molecule has 0 unspecified atom stereocenters. The molecule has 5 nitrogen and oxygen atoms in total. The molecule has 4 aromatic rings. The molecule has 0 saturated carbocycles. The standard InChI is InChI=1S/C24H21F3N4O/c1-30-21-3-2-9-28-14-19(21)18-6-5-17(12-22(18)30)31-10-8-15(11-23(31)32)20-7-4-16(13-29-20)24(25,26)27/h4-8,10-13,28H,2-3,9,14H2,1H3. The summed E-state index contributed by atoms with van der Waals surface area (Å²) >= 11 is 0. The minimum absolute atomic E-state index is 0.277. The lowest BCUT2D eigenvalue weighted by molar-refractivity contribution is -0.137. The highest BCUT2D eigenvalue weighted by atomic mass is 19.4. The Labute approximate surface area is 182 Å². The molecule has 1 aliphatic heterocycles. The second kappa shape index (κ2) is 7.63. The van der Waals surface area contributed by atoms with Crippen LogP contribution in [0.25, 0.3) is 27.8 Å². The second-order valence-corrected chi connectivity index (χ2v) is 8.02. The third-order valence-corrected chi connectivity index (χ3v) is 6.07. The summed E-state index contributed by atoms with van der Waals surface area (Å²) in [5.41, 5.74) is 4.12. The monoisotopic (exact) mass is 438 g/mol. The maximum atomic E-state index is 12.8. The lowest BCUT2D eigenvalue weighted by Gasteiger charge is -2.10. The average molecular weight is 438 g/mol. The van der Waals surface area contributed by atoms with Crippen LogP contribution >= 0.6 is 0 Å². The van der Waals surface area contributed by atoms with Gasteiger partial charge in [-0.05, 0) is 55.3 Å². The first-order chi connectivity index (χ1) is 15.3. The van der Waals surface area contributed by atoms with Gasteiger partial charge in [0.2, 0.25) is 0 Å². The van der Waals surface area contributed by atoms with Gasteiger partial charge in [0.15, 0.2) is 0 Å². The molecule has 4 heterocycles. The number of hydrogen-bond donors (Lipinski definition) is 1. The third-order valence-electron chi connectivity index (χ3n) is 6.07. The van der Waals surface area contributed by atoms with Gasteiger partial charge in [-0.1, -0.05) is 6.07 Å². The summed E-state index contributed by atoms with van der Waals surface area (Å²) in [5, 5.41) is 4.64. The number of aromatic nitrogens is 3. The van der Waals surface area contributed by atoms with E-state index in [1.807, 2.05) is 18.2 Å². The molecule has 8 heteroatoms. The van der Waals surface area contributed by atoms with Crippen molar-refractivity contribution in [3.63, 3.8) is 0 Å². The van der Waals surface area contributed by atoms with Crippen molar-refractivity contribution in [2.24, 2.45) is 7.05 Å². The summed E-state index contributed by atoms with van der Waals surface area (Å²) < 4.78 is 42.0. The van der Waals surface area contributed by atoms with Gasteiger partial charge in [-0.2, -0.15) is 13.2 Å². The molecule has 0 saturated heterocycles. The summed E-state index contributed by atoms with van der Waals surface area (Å²) in [6.07, 6.45) is 0.0656. The molecule has 1 aliphatic rings. The van der Waals surface area contributed by atoms with Crippen LogP contribution in [0.2, 0.25) is 0 Å². The highest BCUT2D eigenvalue weighted by Crippen LogP contribution is 2.31. The normalized spacial score (nSPS) is 14.4. The minimum Gasteiger partial charge on any atom is -0.347 e. The molecule has 3 aromatic heterocycles. The van der Waals surface area contributed by atoms with Crippen molar-refractivity contribution in [2.75, 3.05) is 6.54 Å². The largest absolute Gasteiger partial charge is 0.417 e. The summed E-state index contributed by atoms with van der Waals surface area (Å²) in [5.74, 6) is 0. The van der Waals surface area contributed by atoms with Crippen LogP contribution in [0.1, 0.15) is 23.2 Å². The van der Waals surface area contributed by atoms with Gasteiger partial charge >= 0.3 is 6.18 Å². The van der Waals surface area contributed by atoms with Gasteiger partial charge in [0.05, 0.1) is 22.5 Å². The highest BCUT2D eigenvalue weighted by molar-refractivity contribution is 5.87. The lowest BCUT2D eigenvalue weighted by Crippen LogP contribution is -2.16. The summed E-state index contributed by atoms with van der Waals surface area (Å²) in [6.45, 7) is 1.84. The fourth-order valence-electron chi connectivity index (χ4n) is 4.40. The number of benzene rings is 1. The molecule has 0 atom stereocenters. The molecule has 1 aromatic carbocycles. The van der Waals surface area contributed by atoms with Gasteiger partial charge in [0.1, 0.15) is 0 Å². The van der Waals surface area contributed by atoms with Crippen LogP contribution in [0.5, 0.6) is 0 Å². The minimum atomic E-state index is -4.45. The van der Waals surface area contributed by atoms with E-state index in [1.165, 1.54) is 33.3 Å². The van der Waals surface area contributed by atoms with Crippen LogP contribution < -0.4 is 10.9 Å². The number of halogens is 3. The number of rotatable bonds is 2. The van der Waals surface area contributed by atoms with Crippen molar-refractivity contribution in [1.29, 1.82) is 0 Å². The number of nitrogens with zero attached hydrogens (tertiary/aromatic N) is 3. The quantitative estimate of drug-likeness (QED) is 0.503. The first kappa shape index (κ1) is 20.5. The average Bonchev–Trinajstić information content (AvgIpc) is 2.93. The smallest absolute Gasteiger partial charge is 0.347 e. The molecule has 32 heavy (non-hydrogen) atoms. The zero-order chi connectivity index (χ0) is 22.5. The van der Waals surface area contributed by atoms with E-state index in [4.69, 9.17) is 0 Å². The van der Waals surface area contributed by atoms with Gasteiger partial charge in [0.25, 0.3) is 5.56 Å². The van der Waals surface area contributed by atoms with Crippen molar-refractivity contribution < 1.29 is 13.2 Å². The van der Waals surface area contributed by atoms with Crippen LogP contribution in [0.4, 0.5) is 13.2 Å². The van der Waals surface area contributed by atoms with Gasteiger partial charge in [-0.3, -0.25) is 14.3 Å². The van der Waals surface area contributed by atoms with Gasteiger partial charge in [0, 0.05) is 48.7 Å². The molecular formula is C24H21F3N4O. The fraction of sp³-hybridized carbons (Fsp3) is 0.250. The van der Waals surface area contributed by atoms with E-state index in [-0.39, 0.29) is 5.56 Å². The predicted molar refractivity (Wildman–Crippen MR) is 117 cm³/mol. The van der Waals surface area contributed by atoms with Crippen LogP contribution in [0, 0.1) is 0 Å². The van der Waals surface area contributed by atoms with Crippen molar-refractivity contribution >= 4 is 10.9 Å². The van der Waals surface area contributed by atoms with Crippen LogP contribution in [0.3, 0.4) is 0 Å². The first-order valence-corrected chi connectivity index (χ1v) is 10.4. The van der Waals surface area contributed by atoms with E-state index in [0.717, 1.165) is 49.4 Å². The topological polar surface area (TPSA) is 51.9 Å². The zero-order valence-electron chi connectivity index (χ0n) is 17.4. The summed E-state index contributed by atoms with van der Waals surface area (Å²) in [6, 6.07) is 11.3. The number of pyridine rings is 2. The summed E-state index contributed by atoms with van der Waals surface area (Å²) in [7, 11) is 2.05. The van der Waals surface area contributed by atoms with Gasteiger partial charge in [-0.25, -0.2) is 0 Å². The number of alkyl halides is 3. The molecule has 0 fully saturated rings. The van der Waals surface area contributed by atoms with E-state index in [0.29, 0.717) is 11.3 Å². The molecule has 0 spiro atoms. The molecule has 0 radical (unpaired) electrons. The molecule has 0 amide bonds. The Bertz CT molecular complexity index is 1370. The lowest BCUT2D eigenvalue weighted by atomic mass is 10.1. The number of hydrogen-bond acceptors (Lipinski definition) is 3. The Hall–Kier alpha value is -3.39. The van der Waals surface area contributed by atoms with Crippen molar-refractivity contribution in [3.8, 4) is 16.9 Å².